The van der Waals surface area contributed by atoms with Crippen LogP contribution in [0, 0.1) is 0 Å². The van der Waals surface area contributed by atoms with Crippen molar-refractivity contribution in [1.82, 2.24) is 4.90 Å². The second kappa shape index (κ2) is 6.42. The van der Waals surface area contributed by atoms with Crippen molar-refractivity contribution in [2.75, 3.05) is 13.2 Å². The van der Waals surface area contributed by atoms with E-state index in [9.17, 15) is 4.79 Å². The zero-order valence-electron chi connectivity index (χ0n) is 10.4. The van der Waals surface area contributed by atoms with Gasteiger partial charge in [-0.15, -0.1) is 0 Å². The number of hydrogen-bond donors (Lipinski definition) is 1. The summed E-state index contributed by atoms with van der Waals surface area (Å²) in [5, 5.41) is 10.0. The fraction of sp³-hybridized carbons (Fsp3) is 0.357. The molecule has 0 bridgehead atoms. The van der Waals surface area contributed by atoms with E-state index in [0.717, 1.165) is 18.4 Å². The molecule has 3 nitrogen and oxygen atoms in total. The van der Waals surface area contributed by atoms with Gasteiger partial charge in [-0.05, 0) is 42.7 Å². The van der Waals surface area contributed by atoms with Gasteiger partial charge in [0.2, 0.25) is 5.91 Å². The molecule has 1 aromatic rings. The highest BCUT2D eigenvalue weighted by atomic mass is 35.5. The maximum Gasteiger partial charge on any atom is 0.246 e. The molecule has 0 radical (unpaired) electrons. The van der Waals surface area contributed by atoms with Gasteiger partial charge in [-0.3, -0.25) is 4.79 Å². The second-order valence-electron chi connectivity index (χ2n) is 4.52. The van der Waals surface area contributed by atoms with Crippen molar-refractivity contribution in [1.29, 1.82) is 0 Å². The van der Waals surface area contributed by atoms with Crippen LogP contribution in [-0.4, -0.2) is 35.1 Å². The maximum absolute atomic E-state index is 12.0. The third kappa shape index (κ3) is 4.23. The highest BCUT2D eigenvalue weighted by molar-refractivity contribution is 6.34. The van der Waals surface area contributed by atoms with Gasteiger partial charge in [-0.1, -0.05) is 23.2 Å². The van der Waals surface area contributed by atoms with Gasteiger partial charge < -0.3 is 10.0 Å². The summed E-state index contributed by atoms with van der Waals surface area (Å²) < 4.78 is 0. The SMILES string of the molecule is O=C(/C=C/c1cc(Cl)cc(Cl)c1)N(CCO)C1CC1. The molecule has 1 saturated carbocycles. The average Bonchev–Trinajstić information content (AvgIpc) is 3.16. The Morgan fingerprint density at radius 2 is 1.95 bits per heavy atom. The molecule has 1 aliphatic carbocycles. The Hall–Kier alpha value is -1.03. The summed E-state index contributed by atoms with van der Waals surface area (Å²) in [5.74, 6) is -0.0901. The predicted molar refractivity (Wildman–Crippen MR) is 77.3 cm³/mol. The summed E-state index contributed by atoms with van der Waals surface area (Å²) in [6.07, 6.45) is 5.22. The van der Waals surface area contributed by atoms with Gasteiger partial charge >= 0.3 is 0 Å². The summed E-state index contributed by atoms with van der Waals surface area (Å²) in [6, 6.07) is 5.41. The number of amides is 1. The molecule has 5 heteroatoms. The van der Waals surface area contributed by atoms with Crippen molar-refractivity contribution in [3.05, 3.63) is 39.9 Å². The third-order valence-electron chi connectivity index (χ3n) is 2.91. The number of nitrogens with zero attached hydrogens (tertiary/aromatic N) is 1. The van der Waals surface area contributed by atoms with Gasteiger partial charge in [0.05, 0.1) is 6.61 Å². The Morgan fingerprint density at radius 3 is 2.47 bits per heavy atom. The first kappa shape index (κ1) is 14.4. The van der Waals surface area contributed by atoms with E-state index in [2.05, 4.69) is 0 Å². The molecule has 1 N–H and O–H groups in total. The number of aliphatic hydroxyl groups excluding tert-OH is 1. The highest BCUT2D eigenvalue weighted by Gasteiger charge is 2.30. The Balaban J connectivity index is 2.05. The summed E-state index contributed by atoms with van der Waals surface area (Å²) in [7, 11) is 0. The fourth-order valence-corrected chi connectivity index (χ4v) is 2.44. The molecule has 0 aliphatic heterocycles. The quantitative estimate of drug-likeness (QED) is 0.849. The molecule has 1 aromatic carbocycles. The lowest BCUT2D eigenvalue weighted by molar-refractivity contribution is -0.127. The standard InChI is InChI=1S/C14H15Cl2NO2/c15-11-7-10(8-12(16)9-11)1-4-14(19)17(5-6-18)13-2-3-13/h1,4,7-9,13,18H,2-3,5-6H2/b4-1+. The van der Waals surface area contributed by atoms with E-state index in [-0.39, 0.29) is 18.6 Å². The van der Waals surface area contributed by atoms with E-state index in [1.807, 2.05) is 0 Å². The maximum atomic E-state index is 12.0. The van der Waals surface area contributed by atoms with Crippen LogP contribution < -0.4 is 0 Å². The normalized spacial score (nSPS) is 14.9. The first-order chi connectivity index (χ1) is 9.10. The van der Waals surface area contributed by atoms with E-state index in [0.29, 0.717) is 16.6 Å². The summed E-state index contributed by atoms with van der Waals surface area (Å²) in [5.41, 5.74) is 0.783. The van der Waals surface area contributed by atoms with Gasteiger partial charge in [-0.2, -0.15) is 0 Å². The molecule has 1 aliphatic rings. The number of carbonyl (C=O) groups is 1. The van der Waals surface area contributed by atoms with Crippen molar-refractivity contribution in [2.24, 2.45) is 0 Å². The Bertz CT molecular complexity index is 478. The monoisotopic (exact) mass is 299 g/mol. The second-order valence-corrected chi connectivity index (χ2v) is 5.40. The number of aliphatic hydroxyl groups is 1. The van der Waals surface area contributed by atoms with Gasteiger partial charge in [-0.25, -0.2) is 0 Å². The zero-order chi connectivity index (χ0) is 13.8. The van der Waals surface area contributed by atoms with Crippen LogP contribution in [0.15, 0.2) is 24.3 Å². The van der Waals surface area contributed by atoms with E-state index < -0.39 is 0 Å². The number of hydrogen-bond acceptors (Lipinski definition) is 2. The van der Waals surface area contributed by atoms with Crippen LogP contribution >= 0.6 is 23.2 Å². The van der Waals surface area contributed by atoms with Gasteiger partial charge in [0.25, 0.3) is 0 Å². The van der Waals surface area contributed by atoms with Gasteiger partial charge in [0.15, 0.2) is 0 Å². The van der Waals surface area contributed by atoms with Crippen LogP contribution in [0.2, 0.25) is 10.0 Å². The fourth-order valence-electron chi connectivity index (χ4n) is 1.90. The minimum Gasteiger partial charge on any atom is -0.395 e. The average molecular weight is 300 g/mol. The number of rotatable bonds is 5. The predicted octanol–water partition coefficient (Wildman–Crippen LogP) is 2.99. The minimum atomic E-state index is -0.0901. The van der Waals surface area contributed by atoms with Gasteiger partial charge in [0, 0.05) is 28.7 Å². The van der Waals surface area contributed by atoms with Crippen molar-refractivity contribution in [3.8, 4) is 0 Å². The minimum absolute atomic E-state index is 0.0148. The summed E-state index contributed by atoms with van der Waals surface area (Å²) >= 11 is 11.8. The first-order valence-corrected chi connectivity index (χ1v) is 6.91. The van der Waals surface area contributed by atoms with E-state index in [1.54, 1.807) is 29.2 Å². The summed E-state index contributed by atoms with van der Waals surface area (Å²) in [4.78, 5) is 13.7. The third-order valence-corrected chi connectivity index (χ3v) is 3.35. The van der Waals surface area contributed by atoms with Crippen LogP contribution in [0.3, 0.4) is 0 Å². The van der Waals surface area contributed by atoms with Crippen LogP contribution in [0.4, 0.5) is 0 Å². The Morgan fingerprint density at radius 1 is 1.32 bits per heavy atom. The van der Waals surface area contributed by atoms with Crippen molar-refractivity contribution >= 4 is 35.2 Å². The van der Waals surface area contributed by atoms with E-state index in [1.165, 1.54) is 6.08 Å². The molecule has 102 valence electrons. The van der Waals surface area contributed by atoms with Crippen LogP contribution in [-0.2, 0) is 4.79 Å². The molecule has 19 heavy (non-hydrogen) atoms. The van der Waals surface area contributed by atoms with Crippen LogP contribution in [0.1, 0.15) is 18.4 Å². The number of carbonyl (C=O) groups excluding carboxylic acids is 1. The van der Waals surface area contributed by atoms with Gasteiger partial charge in [0.1, 0.15) is 0 Å². The molecule has 2 rings (SSSR count). The van der Waals surface area contributed by atoms with Crippen LogP contribution in [0.25, 0.3) is 6.08 Å². The lowest BCUT2D eigenvalue weighted by atomic mass is 10.2. The molecule has 0 heterocycles. The Labute approximate surface area is 122 Å². The van der Waals surface area contributed by atoms with Crippen LogP contribution in [0.5, 0.6) is 0 Å². The molecule has 0 spiro atoms. The van der Waals surface area contributed by atoms with E-state index in [4.69, 9.17) is 28.3 Å². The summed E-state index contributed by atoms with van der Waals surface area (Å²) in [6.45, 7) is 0.364. The Kier molecular flexibility index (Phi) is 4.86. The van der Waals surface area contributed by atoms with E-state index >= 15 is 0 Å². The lowest BCUT2D eigenvalue weighted by Gasteiger charge is -2.19. The van der Waals surface area contributed by atoms with Crippen molar-refractivity contribution in [2.45, 2.75) is 18.9 Å². The molecular formula is C14H15Cl2NO2. The topological polar surface area (TPSA) is 40.5 Å². The first-order valence-electron chi connectivity index (χ1n) is 6.16. The molecule has 0 unspecified atom stereocenters. The largest absolute Gasteiger partial charge is 0.395 e. The smallest absolute Gasteiger partial charge is 0.246 e. The molecule has 0 saturated heterocycles. The molecule has 0 aromatic heterocycles. The molecule has 0 atom stereocenters. The van der Waals surface area contributed by atoms with Crippen molar-refractivity contribution in [3.63, 3.8) is 0 Å². The van der Waals surface area contributed by atoms with Crippen molar-refractivity contribution < 1.29 is 9.90 Å². The molecule has 1 amide bonds. The molecule has 1 fully saturated rings. The zero-order valence-corrected chi connectivity index (χ0v) is 11.9. The highest BCUT2D eigenvalue weighted by Crippen LogP contribution is 2.27. The lowest BCUT2D eigenvalue weighted by Crippen LogP contribution is -2.34. The molecular weight excluding hydrogens is 285 g/mol. The number of benzene rings is 1. The number of halogens is 2.